The summed E-state index contributed by atoms with van der Waals surface area (Å²) in [6, 6.07) is 9.97. The number of carbonyl (C=O) groups excluding carboxylic acids is 1. The third-order valence-corrected chi connectivity index (χ3v) is 6.92. The number of hydrogen-bond acceptors (Lipinski definition) is 5. The molecule has 1 heterocycles. The molecular weight excluding hydrogens is 422 g/mol. The highest BCUT2D eigenvalue weighted by Crippen LogP contribution is 2.46. The molecule has 0 saturated carbocycles. The second-order valence-electron chi connectivity index (χ2n) is 6.47. The molecule has 7 heteroatoms. The molecule has 2 aromatic rings. The minimum Gasteiger partial charge on any atom is -0.497 e. The SMILES string of the molecule is CNC(=O)OC(c1cc(Br)c(Sc2cccc(OC)c2)s1)C(C)(C)C. The van der Waals surface area contributed by atoms with Gasteiger partial charge in [0, 0.05) is 26.7 Å². The van der Waals surface area contributed by atoms with Gasteiger partial charge in [0.25, 0.3) is 0 Å². The molecule has 4 nitrogen and oxygen atoms in total. The Morgan fingerprint density at radius 1 is 1.32 bits per heavy atom. The Hall–Kier alpha value is -1.18. The Labute approximate surface area is 165 Å². The molecular formula is C18H22BrNO3S2. The summed E-state index contributed by atoms with van der Waals surface area (Å²) in [6.45, 7) is 6.18. The number of alkyl carbamates (subject to hydrolysis) is 1. The van der Waals surface area contributed by atoms with E-state index in [-0.39, 0.29) is 11.5 Å². The molecule has 1 aromatic carbocycles. The summed E-state index contributed by atoms with van der Waals surface area (Å²) < 4.78 is 13.0. The molecule has 25 heavy (non-hydrogen) atoms. The van der Waals surface area contributed by atoms with Crippen LogP contribution in [0.4, 0.5) is 4.79 Å². The molecule has 2 rings (SSSR count). The zero-order valence-electron chi connectivity index (χ0n) is 14.9. The first-order valence-electron chi connectivity index (χ1n) is 7.74. The maximum absolute atomic E-state index is 11.7. The van der Waals surface area contributed by atoms with Crippen LogP contribution in [0.5, 0.6) is 5.75 Å². The monoisotopic (exact) mass is 443 g/mol. The summed E-state index contributed by atoms with van der Waals surface area (Å²) in [5.74, 6) is 0.827. The first kappa shape index (κ1) is 20.1. The molecule has 1 aromatic heterocycles. The van der Waals surface area contributed by atoms with E-state index in [1.54, 1.807) is 37.3 Å². The Morgan fingerprint density at radius 2 is 2.04 bits per heavy atom. The molecule has 0 radical (unpaired) electrons. The van der Waals surface area contributed by atoms with E-state index in [0.717, 1.165) is 24.2 Å². The van der Waals surface area contributed by atoms with Gasteiger partial charge in [-0.05, 0) is 40.2 Å². The number of hydrogen-bond donors (Lipinski definition) is 1. The zero-order valence-corrected chi connectivity index (χ0v) is 18.1. The third-order valence-electron chi connectivity index (χ3n) is 3.40. The van der Waals surface area contributed by atoms with Crippen molar-refractivity contribution in [2.75, 3.05) is 14.2 Å². The molecule has 136 valence electrons. The smallest absolute Gasteiger partial charge is 0.407 e. The van der Waals surface area contributed by atoms with Gasteiger partial charge in [0.1, 0.15) is 11.9 Å². The number of halogens is 1. The van der Waals surface area contributed by atoms with Crippen LogP contribution in [0, 0.1) is 5.41 Å². The fourth-order valence-electron chi connectivity index (χ4n) is 2.17. The molecule has 0 aliphatic carbocycles. The van der Waals surface area contributed by atoms with Crippen LogP contribution in [0.25, 0.3) is 0 Å². The van der Waals surface area contributed by atoms with E-state index in [2.05, 4.69) is 42.0 Å². The van der Waals surface area contributed by atoms with Crippen LogP contribution in [-0.4, -0.2) is 20.3 Å². The number of methoxy groups -OCH3 is 1. The van der Waals surface area contributed by atoms with Crippen molar-refractivity contribution in [3.8, 4) is 5.75 Å². The normalized spacial score (nSPS) is 12.6. The number of carbonyl (C=O) groups is 1. The predicted molar refractivity (Wildman–Crippen MR) is 107 cm³/mol. The number of benzene rings is 1. The van der Waals surface area contributed by atoms with Gasteiger partial charge in [-0.25, -0.2) is 4.79 Å². The lowest BCUT2D eigenvalue weighted by Gasteiger charge is -2.29. The topological polar surface area (TPSA) is 47.6 Å². The molecule has 0 fully saturated rings. The molecule has 1 N–H and O–H groups in total. The average Bonchev–Trinajstić information content (AvgIpc) is 2.91. The van der Waals surface area contributed by atoms with Crippen molar-refractivity contribution in [3.05, 3.63) is 39.7 Å². The zero-order chi connectivity index (χ0) is 18.6. The maximum atomic E-state index is 11.7. The van der Waals surface area contributed by atoms with Crippen molar-refractivity contribution < 1.29 is 14.3 Å². The van der Waals surface area contributed by atoms with Crippen LogP contribution in [0.3, 0.4) is 0 Å². The lowest BCUT2D eigenvalue weighted by molar-refractivity contribution is 0.0337. The lowest BCUT2D eigenvalue weighted by atomic mass is 9.88. The number of nitrogens with one attached hydrogen (secondary N) is 1. The van der Waals surface area contributed by atoms with Gasteiger partial charge in [-0.2, -0.15) is 0 Å². The highest BCUT2D eigenvalue weighted by Gasteiger charge is 2.32. The average molecular weight is 444 g/mol. The van der Waals surface area contributed by atoms with Crippen molar-refractivity contribution in [2.45, 2.75) is 36.0 Å². The fraction of sp³-hybridized carbons (Fsp3) is 0.389. The van der Waals surface area contributed by atoms with E-state index in [1.165, 1.54) is 0 Å². The fourth-order valence-corrected chi connectivity index (χ4v) is 5.54. The van der Waals surface area contributed by atoms with E-state index in [0.29, 0.717) is 0 Å². The van der Waals surface area contributed by atoms with E-state index in [9.17, 15) is 4.79 Å². The third kappa shape index (κ3) is 5.39. The van der Waals surface area contributed by atoms with Crippen molar-refractivity contribution in [3.63, 3.8) is 0 Å². The van der Waals surface area contributed by atoms with Gasteiger partial charge in [-0.15, -0.1) is 11.3 Å². The Balaban J connectivity index is 2.28. The predicted octanol–water partition coefficient (Wildman–Crippen LogP) is 6.11. The standard InChI is InChI=1S/C18H22BrNO3S2/c1-18(2,3)15(23-17(21)20-4)14-10-13(19)16(25-14)24-12-8-6-7-11(9-12)22-5/h6-10,15H,1-5H3,(H,20,21). The maximum Gasteiger partial charge on any atom is 0.407 e. The van der Waals surface area contributed by atoms with Crippen LogP contribution < -0.4 is 10.1 Å². The van der Waals surface area contributed by atoms with Crippen LogP contribution in [0.2, 0.25) is 0 Å². The van der Waals surface area contributed by atoms with Gasteiger partial charge in [0.05, 0.1) is 11.3 Å². The second kappa shape index (κ2) is 8.47. The lowest BCUT2D eigenvalue weighted by Crippen LogP contribution is -2.28. The molecule has 1 atom stereocenters. The van der Waals surface area contributed by atoms with E-state index < -0.39 is 6.09 Å². The Morgan fingerprint density at radius 3 is 2.64 bits per heavy atom. The summed E-state index contributed by atoms with van der Waals surface area (Å²) in [5, 5.41) is 2.52. The largest absolute Gasteiger partial charge is 0.497 e. The van der Waals surface area contributed by atoms with Crippen molar-refractivity contribution in [1.82, 2.24) is 5.32 Å². The van der Waals surface area contributed by atoms with Crippen LogP contribution in [0.15, 0.2) is 43.9 Å². The van der Waals surface area contributed by atoms with Crippen LogP contribution >= 0.6 is 39.0 Å². The summed E-state index contributed by atoms with van der Waals surface area (Å²) in [4.78, 5) is 13.8. The van der Waals surface area contributed by atoms with Gasteiger partial charge in [0.2, 0.25) is 0 Å². The molecule has 0 spiro atoms. The quantitative estimate of drug-likeness (QED) is 0.604. The van der Waals surface area contributed by atoms with E-state index in [1.807, 2.05) is 30.3 Å². The van der Waals surface area contributed by atoms with E-state index >= 15 is 0 Å². The first-order valence-corrected chi connectivity index (χ1v) is 10.2. The minimum atomic E-state index is -0.425. The van der Waals surface area contributed by atoms with Gasteiger partial charge >= 0.3 is 6.09 Å². The highest BCUT2D eigenvalue weighted by atomic mass is 79.9. The van der Waals surface area contributed by atoms with Crippen molar-refractivity contribution >= 4 is 45.1 Å². The summed E-state index contributed by atoms with van der Waals surface area (Å²) >= 11 is 6.91. The molecule has 0 saturated heterocycles. The van der Waals surface area contributed by atoms with Crippen LogP contribution in [-0.2, 0) is 4.74 Å². The van der Waals surface area contributed by atoms with E-state index in [4.69, 9.17) is 9.47 Å². The summed E-state index contributed by atoms with van der Waals surface area (Å²) in [7, 11) is 3.23. The number of thiophene rings is 1. The van der Waals surface area contributed by atoms with Gasteiger partial charge in [-0.3, -0.25) is 0 Å². The van der Waals surface area contributed by atoms with Gasteiger partial charge in [-0.1, -0.05) is 38.6 Å². The minimum absolute atomic E-state index is 0.214. The summed E-state index contributed by atoms with van der Waals surface area (Å²) in [6.07, 6.45) is -0.750. The first-order chi connectivity index (χ1) is 11.7. The molecule has 0 aliphatic heterocycles. The number of rotatable bonds is 5. The Bertz CT molecular complexity index is 740. The molecule has 0 bridgehead atoms. The Kier molecular flexibility index (Phi) is 6.82. The molecule has 1 unspecified atom stereocenters. The van der Waals surface area contributed by atoms with Gasteiger partial charge < -0.3 is 14.8 Å². The number of amides is 1. The summed E-state index contributed by atoms with van der Waals surface area (Å²) in [5.41, 5.74) is -0.214. The van der Waals surface area contributed by atoms with Crippen molar-refractivity contribution in [1.29, 1.82) is 0 Å². The number of ether oxygens (including phenoxy) is 2. The molecule has 1 amide bonds. The van der Waals surface area contributed by atoms with Crippen LogP contribution in [0.1, 0.15) is 31.8 Å². The second-order valence-corrected chi connectivity index (χ2v) is 9.75. The van der Waals surface area contributed by atoms with Crippen molar-refractivity contribution in [2.24, 2.45) is 5.41 Å². The molecule has 0 aliphatic rings. The highest BCUT2D eigenvalue weighted by molar-refractivity contribution is 9.10. The van der Waals surface area contributed by atoms with Gasteiger partial charge in [0.15, 0.2) is 0 Å².